The topological polar surface area (TPSA) is 76.0 Å². The number of hydrogen-bond donors (Lipinski definition) is 2. The Bertz CT molecular complexity index is 1040. The second-order valence-corrected chi connectivity index (χ2v) is 8.82. The standard InChI is InChI=1S/C26H34N4O2/c1-5-11-19(4)27-24(31)17-30-23-15-10-9-14-21(23)28-25(30)22(16-18(2)3)29-26(32)20-12-7-6-8-13-20/h6-10,12-15,18-19,22H,5,11,16-17H2,1-4H3,(H,27,31)(H,29,32)/t19-,22+/m1/s1. The Labute approximate surface area is 190 Å². The number of para-hydroxylation sites is 2. The number of fused-ring (bicyclic) bond motifs is 1. The lowest BCUT2D eigenvalue weighted by molar-refractivity contribution is -0.122. The Morgan fingerprint density at radius 2 is 1.66 bits per heavy atom. The van der Waals surface area contributed by atoms with Gasteiger partial charge in [0.1, 0.15) is 12.4 Å². The third-order valence-corrected chi connectivity index (χ3v) is 5.47. The maximum absolute atomic E-state index is 12.9. The van der Waals surface area contributed by atoms with E-state index in [0.717, 1.165) is 30.3 Å². The minimum Gasteiger partial charge on any atom is -0.352 e. The van der Waals surface area contributed by atoms with E-state index in [0.29, 0.717) is 17.3 Å². The molecule has 0 spiro atoms. The number of hydrogen-bond acceptors (Lipinski definition) is 3. The smallest absolute Gasteiger partial charge is 0.251 e. The molecule has 0 aliphatic rings. The molecule has 0 radical (unpaired) electrons. The maximum atomic E-state index is 12.9. The molecule has 2 amide bonds. The number of benzene rings is 2. The summed E-state index contributed by atoms with van der Waals surface area (Å²) in [6, 6.07) is 16.8. The van der Waals surface area contributed by atoms with Crippen molar-refractivity contribution in [3.05, 3.63) is 66.0 Å². The van der Waals surface area contributed by atoms with E-state index < -0.39 is 0 Å². The lowest BCUT2D eigenvalue weighted by atomic mass is 10.0. The molecule has 3 aromatic rings. The summed E-state index contributed by atoms with van der Waals surface area (Å²) < 4.78 is 1.95. The summed E-state index contributed by atoms with van der Waals surface area (Å²) in [6.07, 6.45) is 2.67. The molecule has 2 atom stereocenters. The average Bonchev–Trinajstić information content (AvgIpc) is 3.12. The van der Waals surface area contributed by atoms with E-state index in [1.54, 1.807) is 12.1 Å². The van der Waals surface area contributed by atoms with Crippen molar-refractivity contribution in [3.63, 3.8) is 0 Å². The molecule has 6 nitrogen and oxygen atoms in total. The Morgan fingerprint density at radius 3 is 2.34 bits per heavy atom. The van der Waals surface area contributed by atoms with Gasteiger partial charge in [-0.25, -0.2) is 4.98 Å². The van der Waals surface area contributed by atoms with E-state index >= 15 is 0 Å². The summed E-state index contributed by atoms with van der Waals surface area (Å²) in [4.78, 5) is 30.6. The summed E-state index contributed by atoms with van der Waals surface area (Å²) in [6.45, 7) is 8.54. The number of amides is 2. The van der Waals surface area contributed by atoms with Crippen LogP contribution in [0.5, 0.6) is 0 Å². The minimum absolute atomic E-state index is 0.0481. The van der Waals surface area contributed by atoms with Crippen molar-refractivity contribution in [1.82, 2.24) is 20.2 Å². The van der Waals surface area contributed by atoms with Crippen LogP contribution in [0.2, 0.25) is 0 Å². The lowest BCUT2D eigenvalue weighted by Gasteiger charge is -2.22. The quantitative estimate of drug-likeness (QED) is 0.478. The summed E-state index contributed by atoms with van der Waals surface area (Å²) in [5.41, 5.74) is 2.32. The minimum atomic E-state index is -0.309. The number of nitrogens with one attached hydrogen (secondary N) is 2. The Hall–Kier alpha value is -3.15. The molecule has 2 N–H and O–H groups in total. The number of aromatic nitrogens is 2. The van der Waals surface area contributed by atoms with Gasteiger partial charge < -0.3 is 15.2 Å². The molecule has 1 heterocycles. The molecular weight excluding hydrogens is 400 g/mol. The Morgan fingerprint density at radius 1 is 0.969 bits per heavy atom. The number of rotatable bonds is 10. The number of carbonyl (C=O) groups excluding carboxylic acids is 2. The number of nitrogens with zero attached hydrogens (tertiary/aromatic N) is 2. The first-order valence-electron chi connectivity index (χ1n) is 11.5. The molecule has 170 valence electrons. The first kappa shape index (κ1) is 23.5. The number of carbonyl (C=O) groups is 2. The first-order chi connectivity index (χ1) is 15.4. The zero-order valence-corrected chi connectivity index (χ0v) is 19.5. The van der Waals surface area contributed by atoms with Crippen molar-refractivity contribution < 1.29 is 9.59 Å². The van der Waals surface area contributed by atoms with Crippen LogP contribution in [0.15, 0.2) is 54.6 Å². The highest BCUT2D eigenvalue weighted by atomic mass is 16.2. The first-order valence-corrected chi connectivity index (χ1v) is 11.5. The van der Waals surface area contributed by atoms with E-state index in [-0.39, 0.29) is 30.4 Å². The molecule has 0 bridgehead atoms. The Kier molecular flexibility index (Phi) is 8.03. The van der Waals surface area contributed by atoms with Gasteiger partial charge in [-0.3, -0.25) is 9.59 Å². The van der Waals surface area contributed by atoms with Gasteiger partial charge in [-0.05, 0) is 49.9 Å². The average molecular weight is 435 g/mol. The third-order valence-electron chi connectivity index (χ3n) is 5.47. The van der Waals surface area contributed by atoms with Gasteiger partial charge >= 0.3 is 0 Å². The van der Waals surface area contributed by atoms with Gasteiger partial charge in [-0.1, -0.05) is 57.5 Å². The molecule has 0 fully saturated rings. The fourth-order valence-electron chi connectivity index (χ4n) is 4.03. The van der Waals surface area contributed by atoms with E-state index in [1.165, 1.54) is 0 Å². The fourth-order valence-corrected chi connectivity index (χ4v) is 4.03. The molecule has 2 aromatic carbocycles. The van der Waals surface area contributed by atoms with E-state index in [1.807, 2.05) is 54.0 Å². The van der Waals surface area contributed by atoms with Crippen molar-refractivity contribution in [2.45, 2.75) is 65.6 Å². The summed E-state index contributed by atoms with van der Waals surface area (Å²) in [5.74, 6) is 0.856. The zero-order valence-electron chi connectivity index (χ0n) is 19.5. The van der Waals surface area contributed by atoms with Gasteiger partial charge in [-0.2, -0.15) is 0 Å². The van der Waals surface area contributed by atoms with Crippen molar-refractivity contribution >= 4 is 22.8 Å². The van der Waals surface area contributed by atoms with E-state index in [2.05, 4.69) is 31.4 Å². The van der Waals surface area contributed by atoms with E-state index in [9.17, 15) is 9.59 Å². The van der Waals surface area contributed by atoms with Crippen LogP contribution < -0.4 is 10.6 Å². The predicted octanol–water partition coefficient (Wildman–Crippen LogP) is 4.86. The Balaban J connectivity index is 1.94. The van der Waals surface area contributed by atoms with Crippen molar-refractivity contribution in [1.29, 1.82) is 0 Å². The fraction of sp³-hybridized carbons (Fsp3) is 0.423. The van der Waals surface area contributed by atoms with Crippen molar-refractivity contribution in [2.75, 3.05) is 0 Å². The predicted molar refractivity (Wildman–Crippen MR) is 128 cm³/mol. The second-order valence-electron chi connectivity index (χ2n) is 8.82. The molecule has 6 heteroatoms. The monoisotopic (exact) mass is 434 g/mol. The zero-order chi connectivity index (χ0) is 23.1. The van der Waals surface area contributed by atoms with Crippen LogP contribution in [0.25, 0.3) is 11.0 Å². The van der Waals surface area contributed by atoms with Gasteiger partial charge in [0.05, 0.1) is 17.1 Å². The largest absolute Gasteiger partial charge is 0.352 e. The van der Waals surface area contributed by atoms with Crippen LogP contribution in [0.1, 0.15) is 69.2 Å². The molecule has 0 aliphatic heterocycles. The molecule has 0 saturated heterocycles. The second kappa shape index (κ2) is 10.9. The molecule has 3 rings (SSSR count). The van der Waals surface area contributed by atoms with Crippen LogP contribution in [-0.2, 0) is 11.3 Å². The van der Waals surface area contributed by atoms with Crippen LogP contribution >= 0.6 is 0 Å². The van der Waals surface area contributed by atoms with Gasteiger partial charge in [0.2, 0.25) is 5.91 Å². The molecule has 32 heavy (non-hydrogen) atoms. The van der Waals surface area contributed by atoms with Crippen LogP contribution in [-0.4, -0.2) is 27.4 Å². The van der Waals surface area contributed by atoms with Crippen LogP contribution in [0.4, 0.5) is 0 Å². The summed E-state index contributed by atoms with van der Waals surface area (Å²) in [7, 11) is 0. The SMILES string of the molecule is CCC[C@@H](C)NC(=O)Cn1c([C@H](CC(C)C)NC(=O)c2ccccc2)nc2ccccc21. The normalized spacial score (nSPS) is 13.2. The molecule has 0 saturated carbocycles. The summed E-state index contributed by atoms with van der Waals surface area (Å²) >= 11 is 0. The van der Waals surface area contributed by atoms with Gasteiger partial charge in [0, 0.05) is 11.6 Å². The highest BCUT2D eigenvalue weighted by Gasteiger charge is 2.25. The highest BCUT2D eigenvalue weighted by Crippen LogP contribution is 2.26. The molecular formula is C26H34N4O2. The summed E-state index contributed by atoms with van der Waals surface area (Å²) in [5, 5.41) is 6.25. The van der Waals surface area contributed by atoms with E-state index in [4.69, 9.17) is 4.98 Å². The third kappa shape index (κ3) is 5.96. The lowest BCUT2D eigenvalue weighted by Crippen LogP contribution is -2.36. The van der Waals surface area contributed by atoms with Gasteiger partial charge in [0.15, 0.2) is 0 Å². The molecule has 1 aromatic heterocycles. The maximum Gasteiger partial charge on any atom is 0.251 e. The van der Waals surface area contributed by atoms with Gasteiger partial charge in [0.25, 0.3) is 5.91 Å². The van der Waals surface area contributed by atoms with Gasteiger partial charge in [-0.15, -0.1) is 0 Å². The van der Waals surface area contributed by atoms with Crippen LogP contribution in [0, 0.1) is 5.92 Å². The molecule has 0 unspecified atom stereocenters. The highest BCUT2D eigenvalue weighted by molar-refractivity contribution is 5.94. The molecule has 0 aliphatic carbocycles. The van der Waals surface area contributed by atoms with Crippen LogP contribution in [0.3, 0.4) is 0 Å². The number of imidazole rings is 1. The van der Waals surface area contributed by atoms with Crippen molar-refractivity contribution in [3.8, 4) is 0 Å². The van der Waals surface area contributed by atoms with Crippen molar-refractivity contribution in [2.24, 2.45) is 5.92 Å².